The van der Waals surface area contributed by atoms with Crippen LogP contribution in [0.1, 0.15) is 30.6 Å². The van der Waals surface area contributed by atoms with Crippen molar-refractivity contribution in [2.45, 2.75) is 26.3 Å². The molecule has 0 aliphatic heterocycles. The van der Waals surface area contributed by atoms with Gasteiger partial charge in [-0.1, -0.05) is 30.1 Å². The van der Waals surface area contributed by atoms with Crippen LogP contribution in [0.25, 0.3) is 0 Å². The molecule has 0 saturated carbocycles. The number of hydrogen-bond donors (Lipinski definition) is 0. The van der Waals surface area contributed by atoms with Crippen molar-refractivity contribution in [3.63, 3.8) is 0 Å². The number of halogens is 2. The van der Waals surface area contributed by atoms with Crippen molar-refractivity contribution in [3.8, 4) is 0 Å². The van der Waals surface area contributed by atoms with E-state index in [1.807, 2.05) is 6.92 Å². The molecule has 1 unspecified atom stereocenters. The maximum atomic E-state index is 12.6. The maximum Gasteiger partial charge on any atom is 0.181 e. The topological polar surface area (TPSA) is 23.6 Å². The zero-order chi connectivity index (χ0) is 16.0. The molecular weight excluding hydrogens is 307 g/mol. The average Bonchev–Trinajstić information content (AvgIpc) is 2.42. The number of carbonyl (C=O) groups is 1. The predicted molar refractivity (Wildman–Crippen MR) is 90.7 cm³/mol. The van der Waals surface area contributed by atoms with Crippen LogP contribution in [-0.4, -0.2) is 55.4 Å². The Morgan fingerprint density at radius 3 is 2.43 bits per heavy atom. The number of nitrogens with zero attached hydrogens (tertiary/aromatic N) is 2. The molecule has 1 aromatic carbocycles. The van der Waals surface area contributed by atoms with Gasteiger partial charge in [-0.15, -0.1) is 0 Å². The molecule has 0 aliphatic rings. The minimum absolute atomic E-state index is 0.0448. The molecule has 0 fully saturated rings. The van der Waals surface area contributed by atoms with Crippen molar-refractivity contribution < 1.29 is 4.79 Å². The molecular formula is C16H24Cl2N2O. The third-order valence-electron chi connectivity index (χ3n) is 3.58. The summed E-state index contributed by atoms with van der Waals surface area (Å²) >= 11 is 12.0. The number of Topliss-reactive ketones (excluding diaryl/α,β-unsaturated/α-hetero) is 1. The molecule has 0 N–H and O–H groups in total. The van der Waals surface area contributed by atoms with Gasteiger partial charge in [0.2, 0.25) is 0 Å². The van der Waals surface area contributed by atoms with Crippen LogP contribution >= 0.6 is 23.2 Å². The Hall–Kier alpha value is -0.610. The van der Waals surface area contributed by atoms with Crippen LogP contribution in [-0.2, 0) is 0 Å². The Balaban J connectivity index is 2.74. The van der Waals surface area contributed by atoms with Gasteiger partial charge in [-0.3, -0.25) is 9.69 Å². The average molecular weight is 331 g/mol. The number of ketones is 1. The highest BCUT2D eigenvalue weighted by molar-refractivity contribution is 6.37. The standard InChI is InChI=1S/C16H24Cl2N2O/c1-5-20(10-6-9-19(3)4)12(2)16(21)14-8-7-13(17)11-15(14)18/h7-8,11-12H,5-6,9-10H2,1-4H3. The van der Waals surface area contributed by atoms with Gasteiger partial charge in [-0.25, -0.2) is 0 Å². The van der Waals surface area contributed by atoms with E-state index in [1.54, 1.807) is 18.2 Å². The fourth-order valence-corrected chi connectivity index (χ4v) is 2.80. The van der Waals surface area contributed by atoms with Gasteiger partial charge in [0, 0.05) is 17.1 Å². The van der Waals surface area contributed by atoms with Crippen molar-refractivity contribution in [2.75, 3.05) is 33.7 Å². The van der Waals surface area contributed by atoms with Crippen LogP contribution in [0.5, 0.6) is 0 Å². The quantitative estimate of drug-likeness (QED) is 0.676. The minimum atomic E-state index is -0.184. The number of rotatable bonds is 8. The van der Waals surface area contributed by atoms with Crippen LogP contribution < -0.4 is 0 Å². The molecule has 0 aliphatic carbocycles. The molecule has 1 rings (SSSR count). The Bertz CT molecular complexity index is 477. The molecule has 0 heterocycles. The van der Waals surface area contributed by atoms with E-state index in [0.29, 0.717) is 15.6 Å². The molecule has 0 aromatic heterocycles. The van der Waals surface area contributed by atoms with Crippen molar-refractivity contribution in [1.82, 2.24) is 9.80 Å². The second-order valence-electron chi connectivity index (χ2n) is 5.45. The lowest BCUT2D eigenvalue weighted by atomic mass is 10.0. The van der Waals surface area contributed by atoms with E-state index in [9.17, 15) is 4.79 Å². The Morgan fingerprint density at radius 2 is 1.90 bits per heavy atom. The SMILES string of the molecule is CCN(CCCN(C)C)C(C)C(=O)c1ccc(Cl)cc1Cl. The summed E-state index contributed by atoms with van der Waals surface area (Å²) in [6.07, 6.45) is 1.03. The Morgan fingerprint density at radius 1 is 1.24 bits per heavy atom. The highest BCUT2D eigenvalue weighted by atomic mass is 35.5. The molecule has 1 aromatic rings. The van der Waals surface area contributed by atoms with Crippen LogP contribution in [0.15, 0.2) is 18.2 Å². The van der Waals surface area contributed by atoms with Crippen LogP contribution in [0.4, 0.5) is 0 Å². The lowest BCUT2D eigenvalue weighted by molar-refractivity contribution is 0.0840. The molecule has 0 amide bonds. The summed E-state index contributed by atoms with van der Waals surface area (Å²) in [6, 6.07) is 4.84. The first kappa shape index (κ1) is 18.4. The second kappa shape index (κ2) is 8.74. The molecule has 3 nitrogen and oxygen atoms in total. The lowest BCUT2D eigenvalue weighted by Gasteiger charge is -2.27. The highest BCUT2D eigenvalue weighted by Gasteiger charge is 2.23. The van der Waals surface area contributed by atoms with Crippen molar-refractivity contribution >= 4 is 29.0 Å². The summed E-state index contributed by atoms with van der Waals surface area (Å²) in [6.45, 7) is 6.76. The summed E-state index contributed by atoms with van der Waals surface area (Å²) in [5.74, 6) is 0.0448. The van der Waals surface area contributed by atoms with Crippen LogP contribution in [0, 0.1) is 0 Å². The Kier molecular flexibility index (Phi) is 7.67. The van der Waals surface area contributed by atoms with Gasteiger partial charge in [0.15, 0.2) is 5.78 Å². The smallest absolute Gasteiger partial charge is 0.181 e. The van der Waals surface area contributed by atoms with Gasteiger partial charge in [-0.2, -0.15) is 0 Å². The molecule has 0 saturated heterocycles. The van der Waals surface area contributed by atoms with E-state index < -0.39 is 0 Å². The van der Waals surface area contributed by atoms with Crippen molar-refractivity contribution in [2.24, 2.45) is 0 Å². The number of hydrogen-bond acceptors (Lipinski definition) is 3. The zero-order valence-corrected chi connectivity index (χ0v) is 14.7. The molecule has 0 bridgehead atoms. The molecule has 0 spiro atoms. The van der Waals surface area contributed by atoms with Gasteiger partial charge in [0.25, 0.3) is 0 Å². The van der Waals surface area contributed by atoms with Crippen LogP contribution in [0.2, 0.25) is 10.0 Å². The molecule has 118 valence electrons. The van der Waals surface area contributed by atoms with Crippen LogP contribution in [0.3, 0.4) is 0 Å². The fourth-order valence-electron chi connectivity index (χ4n) is 2.30. The lowest BCUT2D eigenvalue weighted by Crippen LogP contribution is -2.40. The first-order chi connectivity index (χ1) is 9.86. The summed E-state index contributed by atoms with van der Waals surface area (Å²) < 4.78 is 0. The summed E-state index contributed by atoms with van der Waals surface area (Å²) in [4.78, 5) is 16.9. The van der Waals surface area contributed by atoms with E-state index in [2.05, 4.69) is 30.8 Å². The van der Waals surface area contributed by atoms with Gasteiger partial charge in [0.05, 0.1) is 11.1 Å². The molecule has 0 radical (unpaired) electrons. The molecule has 5 heteroatoms. The summed E-state index contributed by atoms with van der Waals surface area (Å²) in [7, 11) is 4.11. The normalized spacial score (nSPS) is 13.0. The number of carbonyl (C=O) groups excluding carboxylic acids is 1. The number of benzene rings is 1. The second-order valence-corrected chi connectivity index (χ2v) is 6.29. The van der Waals surface area contributed by atoms with E-state index in [1.165, 1.54) is 0 Å². The van der Waals surface area contributed by atoms with Gasteiger partial charge >= 0.3 is 0 Å². The van der Waals surface area contributed by atoms with E-state index >= 15 is 0 Å². The largest absolute Gasteiger partial charge is 0.309 e. The summed E-state index contributed by atoms with van der Waals surface area (Å²) in [5, 5.41) is 0.964. The third kappa shape index (κ3) is 5.59. The third-order valence-corrected chi connectivity index (χ3v) is 4.13. The number of likely N-dealkylation sites (N-methyl/N-ethyl adjacent to an activating group) is 1. The van der Waals surface area contributed by atoms with E-state index in [4.69, 9.17) is 23.2 Å². The zero-order valence-electron chi connectivity index (χ0n) is 13.2. The van der Waals surface area contributed by atoms with Crippen molar-refractivity contribution in [1.29, 1.82) is 0 Å². The minimum Gasteiger partial charge on any atom is -0.309 e. The molecule has 21 heavy (non-hydrogen) atoms. The maximum absolute atomic E-state index is 12.6. The van der Waals surface area contributed by atoms with E-state index in [0.717, 1.165) is 26.1 Å². The first-order valence-electron chi connectivity index (χ1n) is 7.24. The van der Waals surface area contributed by atoms with Gasteiger partial charge in [-0.05, 0) is 58.7 Å². The van der Waals surface area contributed by atoms with Crippen molar-refractivity contribution in [3.05, 3.63) is 33.8 Å². The van der Waals surface area contributed by atoms with E-state index in [-0.39, 0.29) is 11.8 Å². The van der Waals surface area contributed by atoms with Gasteiger partial charge < -0.3 is 4.90 Å². The fraction of sp³-hybridized carbons (Fsp3) is 0.562. The monoisotopic (exact) mass is 330 g/mol. The summed E-state index contributed by atoms with van der Waals surface area (Å²) in [5.41, 5.74) is 0.541. The first-order valence-corrected chi connectivity index (χ1v) is 8.00. The predicted octanol–water partition coefficient (Wildman–Crippen LogP) is 3.84. The van der Waals surface area contributed by atoms with Gasteiger partial charge in [0.1, 0.15) is 0 Å². The molecule has 1 atom stereocenters. The Labute approximate surface area is 137 Å². The highest BCUT2D eigenvalue weighted by Crippen LogP contribution is 2.23.